The van der Waals surface area contributed by atoms with E-state index in [1.54, 1.807) is 0 Å². The van der Waals surface area contributed by atoms with Crippen LogP contribution in [0, 0.1) is 0 Å². The van der Waals surface area contributed by atoms with Crippen molar-refractivity contribution in [2.75, 3.05) is 12.3 Å². The zero-order valence-electron chi connectivity index (χ0n) is 11.3. The number of nitrogens with zero attached hydrogens (tertiary/aromatic N) is 1. The number of alkyl halides is 3. The normalized spacial score (nSPS) is 24.4. The van der Waals surface area contributed by atoms with E-state index in [2.05, 4.69) is 0 Å². The minimum atomic E-state index is -4.48. The molecule has 1 saturated heterocycles. The van der Waals surface area contributed by atoms with Gasteiger partial charge in [0.05, 0.1) is 23.5 Å². The zero-order chi connectivity index (χ0) is 15.8. The van der Waals surface area contributed by atoms with Crippen LogP contribution in [0.15, 0.2) is 24.3 Å². The second kappa shape index (κ2) is 5.58. The molecule has 0 spiro atoms. The van der Waals surface area contributed by atoms with E-state index >= 15 is 0 Å². The summed E-state index contributed by atoms with van der Waals surface area (Å²) in [5, 5.41) is 9.69. The van der Waals surface area contributed by atoms with Crippen LogP contribution in [-0.2, 0) is 16.2 Å². The molecule has 118 valence electrons. The molecule has 21 heavy (non-hydrogen) atoms. The van der Waals surface area contributed by atoms with E-state index in [9.17, 15) is 26.7 Å². The number of aliphatic hydroxyl groups is 1. The lowest BCUT2D eigenvalue weighted by Gasteiger charge is -2.24. The molecule has 1 aromatic rings. The lowest BCUT2D eigenvalue weighted by molar-refractivity contribution is -0.137. The molecule has 2 atom stereocenters. The molecule has 1 heterocycles. The summed E-state index contributed by atoms with van der Waals surface area (Å²) in [6, 6.07) is 3.83. The van der Waals surface area contributed by atoms with Crippen LogP contribution in [-0.4, -0.2) is 36.2 Å². The van der Waals surface area contributed by atoms with Crippen molar-refractivity contribution in [2.45, 2.75) is 31.7 Å². The van der Waals surface area contributed by atoms with E-state index in [-0.39, 0.29) is 24.3 Å². The molecule has 1 aliphatic heterocycles. The Morgan fingerprint density at radius 3 is 2.62 bits per heavy atom. The fraction of sp³-hybridized carbons (Fsp3) is 0.538. The van der Waals surface area contributed by atoms with Crippen LogP contribution < -0.4 is 0 Å². The minimum absolute atomic E-state index is 0.0862. The smallest absolute Gasteiger partial charge is 0.392 e. The summed E-state index contributed by atoms with van der Waals surface area (Å²) >= 11 is 0. The minimum Gasteiger partial charge on any atom is -0.392 e. The summed E-state index contributed by atoms with van der Waals surface area (Å²) in [6.45, 7) is 1.38. The van der Waals surface area contributed by atoms with Gasteiger partial charge in [0.1, 0.15) is 0 Å². The van der Waals surface area contributed by atoms with Crippen molar-refractivity contribution in [3.05, 3.63) is 35.4 Å². The van der Waals surface area contributed by atoms with Crippen LogP contribution >= 0.6 is 0 Å². The second-order valence-electron chi connectivity index (χ2n) is 5.00. The number of β-amino-alcohol motifs (C(OH)–C–C–N with tert-alkyl or cyclic N) is 1. The molecule has 1 fully saturated rings. The van der Waals surface area contributed by atoms with Crippen molar-refractivity contribution >= 4 is 10.0 Å². The highest BCUT2D eigenvalue weighted by molar-refractivity contribution is 7.89. The van der Waals surface area contributed by atoms with E-state index in [1.165, 1.54) is 19.1 Å². The second-order valence-corrected chi connectivity index (χ2v) is 7.21. The number of rotatable bonds is 3. The predicted octanol–water partition coefficient (Wildman–Crippen LogP) is 2.16. The first-order chi connectivity index (χ1) is 9.65. The van der Waals surface area contributed by atoms with Gasteiger partial charge in [0, 0.05) is 6.54 Å². The maximum Gasteiger partial charge on any atom is 0.416 e. The SMILES string of the molecule is CCS(=O)(=O)N1C[C@H](O)C[C@H]1c1cccc(C(F)(F)F)c1. The molecule has 0 aromatic heterocycles. The Labute approximate surface area is 121 Å². The summed E-state index contributed by atoms with van der Waals surface area (Å²) in [5.74, 6) is -0.158. The Morgan fingerprint density at radius 2 is 2.05 bits per heavy atom. The first-order valence-corrected chi connectivity index (χ1v) is 8.11. The van der Waals surface area contributed by atoms with Crippen molar-refractivity contribution in [1.82, 2.24) is 4.31 Å². The van der Waals surface area contributed by atoms with Gasteiger partial charge in [-0.25, -0.2) is 8.42 Å². The van der Waals surface area contributed by atoms with Gasteiger partial charge in [-0.3, -0.25) is 0 Å². The molecule has 2 rings (SSSR count). The third-order valence-corrected chi connectivity index (χ3v) is 5.40. The first kappa shape index (κ1) is 16.3. The molecule has 1 N–H and O–H groups in total. The highest BCUT2D eigenvalue weighted by Crippen LogP contribution is 2.37. The number of sulfonamides is 1. The van der Waals surface area contributed by atoms with Crippen LogP contribution in [0.25, 0.3) is 0 Å². The summed E-state index contributed by atoms with van der Waals surface area (Å²) in [6.07, 6.45) is -5.26. The molecule has 0 saturated carbocycles. The topological polar surface area (TPSA) is 57.6 Å². The summed E-state index contributed by atoms with van der Waals surface area (Å²) in [5.41, 5.74) is -0.575. The molecule has 0 unspecified atom stereocenters. The number of aliphatic hydroxyl groups excluding tert-OH is 1. The van der Waals surface area contributed by atoms with Gasteiger partial charge in [-0.15, -0.1) is 0 Å². The van der Waals surface area contributed by atoms with Crippen molar-refractivity contribution in [1.29, 1.82) is 0 Å². The Kier molecular flexibility index (Phi) is 4.32. The number of hydrogen-bond acceptors (Lipinski definition) is 3. The van der Waals surface area contributed by atoms with Crippen molar-refractivity contribution in [3.8, 4) is 0 Å². The Bertz CT molecular complexity index is 615. The molecule has 0 amide bonds. The van der Waals surface area contributed by atoms with E-state index in [4.69, 9.17) is 0 Å². The van der Waals surface area contributed by atoms with Gasteiger partial charge in [0.2, 0.25) is 10.0 Å². The molecule has 1 aromatic carbocycles. The maximum absolute atomic E-state index is 12.7. The van der Waals surface area contributed by atoms with Crippen LogP contribution in [0.1, 0.15) is 30.5 Å². The van der Waals surface area contributed by atoms with E-state index in [0.29, 0.717) is 0 Å². The fourth-order valence-corrected chi connectivity index (χ4v) is 3.81. The molecular weight excluding hydrogens is 307 g/mol. The van der Waals surface area contributed by atoms with Crippen molar-refractivity contribution < 1.29 is 26.7 Å². The standard InChI is InChI=1S/C13H16F3NO3S/c1-2-21(19,20)17-8-11(18)7-12(17)9-4-3-5-10(6-9)13(14,15)16/h3-6,11-12,18H,2,7-8H2,1H3/t11-,12+/m1/s1. The van der Waals surface area contributed by atoms with Gasteiger partial charge in [-0.05, 0) is 31.0 Å². The summed E-state index contributed by atoms with van der Waals surface area (Å²) in [7, 11) is -3.58. The Balaban J connectivity index is 2.40. The molecule has 0 radical (unpaired) electrons. The molecule has 4 nitrogen and oxygen atoms in total. The molecule has 0 bridgehead atoms. The van der Waals surface area contributed by atoms with Gasteiger partial charge in [0.15, 0.2) is 0 Å². The molecular formula is C13H16F3NO3S. The largest absolute Gasteiger partial charge is 0.416 e. The van der Waals surface area contributed by atoms with Crippen molar-refractivity contribution in [3.63, 3.8) is 0 Å². The lowest BCUT2D eigenvalue weighted by atomic mass is 10.0. The number of benzene rings is 1. The van der Waals surface area contributed by atoms with Gasteiger partial charge in [0.25, 0.3) is 0 Å². The van der Waals surface area contributed by atoms with E-state index < -0.39 is 33.9 Å². The van der Waals surface area contributed by atoms with E-state index in [1.807, 2.05) is 0 Å². The van der Waals surface area contributed by atoms with Crippen molar-refractivity contribution in [2.24, 2.45) is 0 Å². The van der Waals surface area contributed by atoms with Crippen LogP contribution in [0.3, 0.4) is 0 Å². The number of hydrogen-bond donors (Lipinski definition) is 1. The Morgan fingerprint density at radius 1 is 1.38 bits per heavy atom. The predicted molar refractivity (Wildman–Crippen MR) is 71.0 cm³/mol. The Hall–Kier alpha value is -1.12. The third-order valence-electron chi connectivity index (χ3n) is 3.55. The van der Waals surface area contributed by atoms with Gasteiger partial charge in [-0.1, -0.05) is 12.1 Å². The van der Waals surface area contributed by atoms with Gasteiger partial charge < -0.3 is 5.11 Å². The monoisotopic (exact) mass is 323 g/mol. The molecule has 1 aliphatic rings. The lowest BCUT2D eigenvalue weighted by Crippen LogP contribution is -2.33. The van der Waals surface area contributed by atoms with Crippen LogP contribution in [0.2, 0.25) is 0 Å². The average molecular weight is 323 g/mol. The van der Waals surface area contributed by atoms with E-state index in [0.717, 1.165) is 16.4 Å². The molecule has 8 heteroatoms. The van der Waals surface area contributed by atoms with Crippen LogP contribution in [0.5, 0.6) is 0 Å². The van der Waals surface area contributed by atoms with Gasteiger partial charge >= 0.3 is 6.18 Å². The average Bonchev–Trinajstić information content (AvgIpc) is 2.81. The summed E-state index contributed by atoms with van der Waals surface area (Å²) in [4.78, 5) is 0. The highest BCUT2D eigenvalue weighted by Gasteiger charge is 2.39. The molecule has 0 aliphatic carbocycles. The van der Waals surface area contributed by atoms with Gasteiger partial charge in [-0.2, -0.15) is 17.5 Å². The first-order valence-electron chi connectivity index (χ1n) is 6.50. The quantitative estimate of drug-likeness (QED) is 0.927. The zero-order valence-corrected chi connectivity index (χ0v) is 12.2. The number of halogens is 3. The fourth-order valence-electron chi connectivity index (χ4n) is 2.48. The highest BCUT2D eigenvalue weighted by atomic mass is 32.2. The van der Waals surface area contributed by atoms with Crippen LogP contribution in [0.4, 0.5) is 13.2 Å². The summed E-state index contributed by atoms with van der Waals surface area (Å²) < 4.78 is 63.3. The third kappa shape index (κ3) is 3.38. The maximum atomic E-state index is 12.7.